The third-order valence-corrected chi connectivity index (χ3v) is 5.31. The number of nitrogens with zero attached hydrogens (tertiary/aromatic N) is 2. The van der Waals surface area contributed by atoms with Crippen LogP contribution in [0.1, 0.15) is 43.8 Å². The third-order valence-electron chi connectivity index (χ3n) is 5.31. The van der Waals surface area contributed by atoms with Crippen LogP contribution in [0.25, 0.3) is 0 Å². The molecule has 1 N–H and O–H groups in total. The molecule has 0 saturated carbocycles. The van der Waals surface area contributed by atoms with Crippen LogP contribution in [-0.4, -0.2) is 53.5 Å². The molecule has 3 unspecified atom stereocenters. The minimum atomic E-state index is -0.483. The van der Waals surface area contributed by atoms with E-state index in [-0.39, 0.29) is 12.0 Å². The number of hydrogen-bond donors (Lipinski definition) is 1. The Bertz CT molecular complexity index is 519. The van der Waals surface area contributed by atoms with Crippen molar-refractivity contribution < 1.29 is 9.90 Å². The summed E-state index contributed by atoms with van der Waals surface area (Å²) in [5.74, 6) is 0.447. The Kier molecular flexibility index (Phi) is 5.34. The molecule has 0 radical (unpaired) electrons. The van der Waals surface area contributed by atoms with Gasteiger partial charge in [-0.1, -0.05) is 30.3 Å². The first kappa shape index (κ1) is 16.5. The van der Waals surface area contributed by atoms with E-state index in [4.69, 9.17) is 0 Å². The monoisotopic (exact) mass is 316 g/mol. The van der Waals surface area contributed by atoms with Crippen LogP contribution in [0.5, 0.6) is 0 Å². The van der Waals surface area contributed by atoms with Crippen molar-refractivity contribution >= 4 is 5.91 Å². The number of piperidine rings is 1. The van der Waals surface area contributed by atoms with Crippen molar-refractivity contribution in [3.8, 4) is 0 Å². The van der Waals surface area contributed by atoms with Crippen molar-refractivity contribution in [2.45, 2.75) is 44.2 Å². The van der Waals surface area contributed by atoms with Crippen LogP contribution in [0, 0.1) is 5.92 Å². The number of rotatable bonds is 4. The number of benzene rings is 1. The number of hydrogen-bond acceptors (Lipinski definition) is 3. The van der Waals surface area contributed by atoms with Crippen LogP contribution >= 0.6 is 0 Å². The number of carbonyl (C=O) groups excluding carboxylic acids is 1. The van der Waals surface area contributed by atoms with Gasteiger partial charge < -0.3 is 14.9 Å². The fourth-order valence-corrected chi connectivity index (χ4v) is 4.04. The summed E-state index contributed by atoms with van der Waals surface area (Å²) < 4.78 is 0. The predicted octanol–water partition coefficient (Wildman–Crippen LogP) is 2.44. The normalized spacial score (nSPS) is 27.1. The molecule has 1 aromatic carbocycles. The fraction of sp³-hybridized carbons (Fsp3) is 0.632. The summed E-state index contributed by atoms with van der Waals surface area (Å²) in [7, 11) is 2.10. The number of likely N-dealkylation sites (tertiary alicyclic amines) is 2. The van der Waals surface area contributed by atoms with Gasteiger partial charge in [0.2, 0.25) is 5.91 Å². The van der Waals surface area contributed by atoms with Crippen LogP contribution in [0.4, 0.5) is 0 Å². The number of aliphatic hydroxyl groups is 1. The molecule has 1 aromatic rings. The average molecular weight is 316 g/mol. The molecule has 3 atom stereocenters. The Labute approximate surface area is 139 Å². The second-order valence-electron chi connectivity index (χ2n) is 7.09. The molecule has 0 spiro atoms. The Balaban J connectivity index is 1.62. The van der Waals surface area contributed by atoms with Crippen molar-refractivity contribution in [1.82, 2.24) is 9.80 Å². The molecule has 0 aliphatic carbocycles. The highest BCUT2D eigenvalue weighted by Crippen LogP contribution is 2.30. The van der Waals surface area contributed by atoms with Crippen molar-refractivity contribution in [2.75, 3.05) is 26.7 Å². The highest BCUT2D eigenvalue weighted by molar-refractivity contribution is 5.79. The van der Waals surface area contributed by atoms with E-state index in [1.165, 1.54) is 0 Å². The topological polar surface area (TPSA) is 43.8 Å². The average Bonchev–Trinajstić information content (AvgIpc) is 3.03. The smallest absolute Gasteiger partial charge is 0.227 e. The number of aliphatic hydroxyl groups excluding tert-OH is 1. The molecule has 0 bridgehead atoms. The molecule has 4 heteroatoms. The Morgan fingerprint density at radius 2 is 1.96 bits per heavy atom. The van der Waals surface area contributed by atoms with Gasteiger partial charge in [-0.05, 0) is 51.3 Å². The lowest BCUT2D eigenvalue weighted by atomic mass is 9.95. The highest BCUT2D eigenvalue weighted by Gasteiger charge is 2.35. The lowest BCUT2D eigenvalue weighted by Gasteiger charge is -2.34. The summed E-state index contributed by atoms with van der Waals surface area (Å²) >= 11 is 0. The summed E-state index contributed by atoms with van der Waals surface area (Å²) in [5.41, 5.74) is 0.948. The zero-order chi connectivity index (χ0) is 16.2. The van der Waals surface area contributed by atoms with Crippen molar-refractivity contribution in [1.29, 1.82) is 0 Å². The summed E-state index contributed by atoms with van der Waals surface area (Å²) in [6.45, 7) is 2.83. The summed E-state index contributed by atoms with van der Waals surface area (Å²) in [6, 6.07) is 9.97. The van der Waals surface area contributed by atoms with Gasteiger partial charge in [0, 0.05) is 19.1 Å². The quantitative estimate of drug-likeness (QED) is 0.928. The molecule has 2 heterocycles. The molecular formula is C19H28N2O2. The molecular weight excluding hydrogens is 288 g/mol. The SMILES string of the molecule is CN1CCCC(C(=O)N2CCCC2CC(O)c2ccccc2)C1. The standard InChI is InChI=1S/C19H28N2O2/c1-20-11-5-9-16(14-20)19(23)21-12-6-10-17(21)13-18(22)15-7-3-2-4-8-15/h2-4,7-8,16-18,22H,5-6,9-14H2,1H3. The lowest BCUT2D eigenvalue weighted by molar-refractivity contribution is -0.138. The van der Waals surface area contributed by atoms with Crippen LogP contribution in [0.2, 0.25) is 0 Å². The molecule has 23 heavy (non-hydrogen) atoms. The molecule has 1 amide bonds. The first-order chi connectivity index (χ1) is 11.1. The van der Waals surface area contributed by atoms with Gasteiger partial charge in [-0.15, -0.1) is 0 Å². The largest absolute Gasteiger partial charge is 0.388 e. The van der Waals surface area contributed by atoms with Gasteiger partial charge in [0.25, 0.3) is 0 Å². The number of carbonyl (C=O) groups is 1. The minimum Gasteiger partial charge on any atom is -0.388 e. The minimum absolute atomic E-state index is 0.142. The Morgan fingerprint density at radius 1 is 1.22 bits per heavy atom. The van der Waals surface area contributed by atoms with E-state index < -0.39 is 6.10 Å². The van der Waals surface area contributed by atoms with Crippen molar-refractivity contribution in [2.24, 2.45) is 5.92 Å². The van der Waals surface area contributed by atoms with E-state index in [1.54, 1.807) is 0 Å². The van der Waals surface area contributed by atoms with Gasteiger partial charge in [-0.3, -0.25) is 4.79 Å². The van der Waals surface area contributed by atoms with Gasteiger partial charge in [-0.2, -0.15) is 0 Å². The van der Waals surface area contributed by atoms with E-state index in [0.717, 1.165) is 50.9 Å². The molecule has 2 aliphatic rings. The first-order valence-corrected chi connectivity index (χ1v) is 8.87. The van der Waals surface area contributed by atoms with Gasteiger partial charge in [0.1, 0.15) is 0 Å². The molecule has 2 saturated heterocycles. The van der Waals surface area contributed by atoms with Crippen LogP contribution in [0.15, 0.2) is 30.3 Å². The second kappa shape index (κ2) is 7.45. The molecule has 126 valence electrons. The Morgan fingerprint density at radius 3 is 2.70 bits per heavy atom. The van der Waals surface area contributed by atoms with E-state index >= 15 is 0 Å². The highest BCUT2D eigenvalue weighted by atomic mass is 16.3. The van der Waals surface area contributed by atoms with Crippen LogP contribution < -0.4 is 0 Å². The van der Waals surface area contributed by atoms with Gasteiger partial charge in [0.15, 0.2) is 0 Å². The van der Waals surface area contributed by atoms with E-state index in [2.05, 4.69) is 16.8 Å². The molecule has 3 rings (SSSR count). The van der Waals surface area contributed by atoms with Gasteiger partial charge in [-0.25, -0.2) is 0 Å². The van der Waals surface area contributed by atoms with Crippen molar-refractivity contribution in [3.05, 3.63) is 35.9 Å². The molecule has 2 aliphatic heterocycles. The predicted molar refractivity (Wildman–Crippen MR) is 91.0 cm³/mol. The van der Waals surface area contributed by atoms with E-state index in [0.29, 0.717) is 12.3 Å². The van der Waals surface area contributed by atoms with Crippen molar-refractivity contribution in [3.63, 3.8) is 0 Å². The molecule has 0 aromatic heterocycles. The van der Waals surface area contributed by atoms with Gasteiger partial charge in [0.05, 0.1) is 12.0 Å². The summed E-state index contributed by atoms with van der Waals surface area (Å²) in [4.78, 5) is 17.2. The first-order valence-electron chi connectivity index (χ1n) is 8.87. The molecule has 4 nitrogen and oxygen atoms in total. The van der Waals surface area contributed by atoms with E-state index in [1.807, 2.05) is 30.3 Å². The summed E-state index contributed by atoms with van der Waals surface area (Å²) in [5, 5.41) is 10.5. The maximum absolute atomic E-state index is 12.9. The molecule has 2 fully saturated rings. The number of amides is 1. The van der Waals surface area contributed by atoms with Crippen LogP contribution in [-0.2, 0) is 4.79 Å². The maximum atomic E-state index is 12.9. The van der Waals surface area contributed by atoms with Crippen LogP contribution in [0.3, 0.4) is 0 Å². The second-order valence-corrected chi connectivity index (χ2v) is 7.09. The third kappa shape index (κ3) is 3.93. The van der Waals surface area contributed by atoms with Gasteiger partial charge >= 0.3 is 0 Å². The lowest BCUT2D eigenvalue weighted by Crippen LogP contribution is -2.45. The Hall–Kier alpha value is -1.39. The zero-order valence-corrected chi connectivity index (χ0v) is 14.0. The van der Waals surface area contributed by atoms with E-state index in [9.17, 15) is 9.90 Å². The summed E-state index contributed by atoms with van der Waals surface area (Å²) in [6.07, 6.45) is 4.35. The zero-order valence-electron chi connectivity index (χ0n) is 14.0. The maximum Gasteiger partial charge on any atom is 0.227 e. The fourth-order valence-electron chi connectivity index (χ4n) is 4.04.